The molecule has 0 heterocycles. The highest BCUT2D eigenvalue weighted by Gasteiger charge is 2.29. The monoisotopic (exact) mass is 245 g/mol. The molecule has 0 saturated carbocycles. The van der Waals surface area contributed by atoms with E-state index in [2.05, 4.69) is 0 Å². The van der Waals surface area contributed by atoms with Crippen LogP contribution in [-0.4, -0.2) is 40.3 Å². The smallest absolute Gasteiger partial charge is 0.411 e. The van der Waals surface area contributed by atoms with Gasteiger partial charge in [0.15, 0.2) is 0 Å². The van der Waals surface area contributed by atoms with Crippen molar-refractivity contribution in [1.82, 2.24) is 4.90 Å². The van der Waals surface area contributed by atoms with Crippen LogP contribution < -0.4 is 0 Å². The number of carboxylic acid groups (broad SMARTS) is 1. The molecule has 0 rings (SSSR count). The lowest BCUT2D eigenvalue weighted by Crippen LogP contribution is -2.47. The molecule has 1 amide bonds. The number of carbonyl (C=O) groups excluding carboxylic acids is 1. The number of hydrogen-bond acceptors (Lipinski definition) is 3. The summed E-state index contributed by atoms with van der Waals surface area (Å²) in [5.41, 5.74) is -0.620. The molecule has 0 fully saturated rings. The van der Waals surface area contributed by atoms with Gasteiger partial charge in [0.25, 0.3) is 0 Å². The lowest BCUT2D eigenvalue weighted by molar-refractivity contribution is -0.142. The summed E-state index contributed by atoms with van der Waals surface area (Å²) in [4.78, 5) is 24.1. The van der Waals surface area contributed by atoms with E-state index in [1.807, 2.05) is 13.8 Å². The van der Waals surface area contributed by atoms with Crippen LogP contribution in [0.3, 0.4) is 0 Å². The minimum Gasteiger partial charge on any atom is -0.480 e. The van der Waals surface area contributed by atoms with E-state index in [1.165, 1.54) is 11.8 Å². The average Bonchev–Trinajstić information content (AvgIpc) is 2.09. The fourth-order valence-electron chi connectivity index (χ4n) is 1.24. The molecular weight excluding hydrogens is 222 g/mol. The first-order valence-corrected chi connectivity index (χ1v) is 5.77. The lowest BCUT2D eigenvalue weighted by atomic mass is 10.1. The number of carbonyl (C=O) groups is 2. The summed E-state index contributed by atoms with van der Waals surface area (Å²) in [6.45, 7) is 11.0. The summed E-state index contributed by atoms with van der Waals surface area (Å²) in [6, 6.07) is -0.882. The topological polar surface area (TPSA) is 66.8 Å². The average molecular weight is 245 g/mol. The molecular formula is C12H23NO4. The molecule has 5 nitrogen and oxygen atoms in total. The highest BCUT2D eigenvalue weighted by atomic mass is 16.6. The predicted molar refractivity (Wildman–Crippen MR) is 64.9 cm³/mol. The standard InChI is InChI=1S/C12H23NO4/c1-8(2)7-13(9(3)10(14)15)11(16)17-12(4,5)6/h8-9H,7H2,1-6H3,(H,14,15). The molecule has 0 bridgehead atoms. The maximum Gasteiger partial charge on any atom is 0.411 e. The van der Waals surface area contributed by atoms with Crippen LogP contribution >= 0.6 is 0 Å². The molecule has 1 atom stereocenters. The van der Waals surface area contributed by atoms with Gasteiger partial charge < -0.3 is 9.84 Å². The molecule has 5 heteroatoms. The number of carboxylic acids is 1. The molecule has 0 aromatic rings. The summed E-state index contributed by atoms with van der Waals surface area (Å²) < 4.78 is 5.20. The van der Waals surface area contributed by atoms with Crippen molar-refractivity contribution >= 4 is 12.1 Å². The molecule has 0 saturated heterocycles. The third-order valence-corrected chi connectivity index (χ3v) is 2.01. The Balaban J connectivity index is 4.80. The van der Waals surface area contributed by atoms with E-state index in [0.29, 0.717) is 6.54 Å². The highest BCUT2D eigenvalue weighted by molar-refractivity contribution is 5.79. The number of amides is 1. The Morgan fingerprint density at radius 2 is 1.71 bits per heavy atom. The van der Waals surface area contributed by atoms with Crippen LogP contribution in [0, 0.1) is 5.92 Å². The highest BCUT2D eigenvalue weighted by Crippen LogP contribution is 2.13. The van der Waals surface area contributed by atoms with Crippen LogP contribution in [0.4, 0.5) is 4.79 Å². The quantitative estimate of drug-likeness (QED) is 0.825. The Kier molecular flexibility index (Phi) is 5.45. The van der Waals surface area contributed by atoms with E-state index in [1.54, 1.807) is 20.8 Å². The van der Waals surface area contributed by atoms with Gasteiger partial charge in [0.05, 0.1) is 0 Å². The van der Waals surface area contributed by atoms with Crippen molar-refractivity contribution in [3.63, 3.8) is 0 Å². The second-order valence-electron chi connectivity index (χ2n) is 5.54. The minimum absolute atomic E-state index is 0.185. The van der Waals surface area contributed by atoms with Crippen molar-refractivity contribution in [2.24, 2.45) is 5.92 Å². The van der Waals surface area contributed by atoms with Gasteiger partial charge in [-0.2, -0.15) is 0 Å². The van der Waals surface area contributed by atoms with Gasteiger partial charge in [-0.15, -0.1) is 0 Å². The molecule has 17 heavy (non-hydrogen) atoms. The van der Waals surface area contributed by atoms with E-state index in [9.17, 15) is 9.59 Å². The van der Waals surface area contributed by atoms with E-state index in [-0.39, 0.29) is 5.92 Å². The van der Waals surface area contributed by atoms with E-state index in [4.69, 9.17) is 9.84 Å². The Labute approximate surface area is 103 Å². The maximum absolute atomic E-state index is 11.9. The zero-order valence-electron chi connectivity index (χ0n) is 11.5. The van der Waals surface area contributed by atoms with Crippen molar-refractivity contribution in [1.29, 1.82) is 0 Å². The lowest BCUT2D eigenvalue weighted by Gasteiger charge is -2.30. The van der Waals surface area contributed by atoms with Gasteiger partial charge in [0, 0.05) is 6.54 Å². The molecule has 0 aliphatic heterocycles. The van der Waals surface area contributed by atoms with Gasteiger partial charge in [-0.05, 0) is 33.6 Å². The Morgan fingerprint density at radius 1 is 1.24 bits per heavy atom. The van der Waals surface area contributed by atoms with E-state index >= 15 is 0 Å². The van der Waals surface area contributed by atoms with Gasteiger partial charge in [-0.1, -0.05) is 13.8 Å². The van der Waals surface area contributed by atoms with Crippen molar-refractivity contribution in [2.75, 3.05) is 6.54 Å². The normalized spacial score (nSPS) is 13.4. The Hall–Kier alpha value is -1.26. The number of nitrogens with zero attached hydrogens (tertiary/aromatic N) is 1. The first-order valence-electron chi connectivity index (χ1n) is 5.77. The molecule has 0 aliphatic rings. The minimum atomic E-state index is -1.03. The molecule has 0 radical (unpaired) electrons. The molecule has 1 unspecified atom stereocenters. The zero-order valence-corrected chi connectivity index (χ0v) is 11.5. The third kappa shape index (κ3) is 6.14. The van der Waals surface area contributed by atoms with Gasteiger partial charge in [-0.3, -0.25) is 4.90 Å². The zero-order chi connectivity index (χ0) is 13.8. The number of rotatable bonds is 4. The maximum atomic E-state index is 11.9. The van der Waals surface area contributed by atoms with Crippen molar-refractivity contribution in [3.8, 4) is 0 Å². The fourth-order valence-corrected chi connectivity index (χ4v) is 1.24. The SMILES string of the molecule is CC(C)CN(C(=O)OC(C)(C)C)C(C)C(=O)O. The van der Waals surface area contributed by atoms with Crippen molar-refractivity contribution in [2.45, 2.75) is 53.2 Å². The summed E-state index contributed by atoms with van der Waals surface area (Å²) in [5, 5.41) is 8.96. The predicted octanol–water partition coefficient (Wildman–Crippen LogP) is 2.35. The summed E-state index contributed by atoms with van der Waals surface area (Å²) in [6.07, 6.45) is -0.582. The molecule has 100 valence electrons. The van der Waals surface area contributed by atoms with E-state index < -0.39 is 23.7 Å². The van der Waals surface area contributed by atoms with Gasteiger partial charge in [0.2, 0.25) is 0 Å². The third-order valence-electron chi connectivity index (χ3n) is 2.01. The van der Waals surface area contributed by atoms with Crippen LogP contribution in [0.2, 0.25) is 0 Å². The van der Waals surface area contributed by atoms with Gasteiger partial charge >= 0.3 is 12.1 Å². The first-order chi connectivity index (χ1) is 7.54. The van der Waals surface area contributed by atoms with Gasteiger partial charge in [-0.25, -0.2) is 9.59 Å². The first kappa shape index (κ1) is 15.7. The largest absolute Gasteiger partial charge is 0.480 e. The molecule has 0 aromatic carbocycles. The van der Waals surface area contributed by atoms with Crippen LogP contribution in [0.5, 0.6) is 0 Å². The van der Waals surface area contributed by atoms with Crippen LogP contribution in [0.15, 0.2) is 0 Å². The summed E-state index contributed by atoms with van der Waals surface area (Å²) in [5.74, 6) is -0.846. The number of hydrogen-bond donors (Lipinski definition) is 1. The number of ether oxygens (including phenoxy) is 1. The summed E-state index contributed by atoms with van der Waals surface area (Å²) in [7, 11) is 0. The van der Waals surface area contributed by atoms with Gasteiger partial charge in [0.1, 0.15) is 11.6 Å². The second-order valence-corrected chi connectivity index (χ2v) is 5.54. The molecule has 0 spiro atoms. The molecule has 0 aliphatic carbocycles. The van der Waals surface area contributed by atoms with Crippen LogP contribution in [0.1, 0.15) is 41.5 Å². The van der Waals surface area contributed by atoms with Crippen LogP contribution in [-0.2, 0) is 9.53 Å². The van der Waals surface area contributed by atoms with Crippen molar-refractivity contribution in [3.05, 3.63) is 0 Å². The summed E-state index contributed by atoms with van der Waals surface area (Å²) >= 11 is 0. The molecule has 0 aromatic heterocycles. The fraction of sp³-hybridized carbons (Fsp3) is 0.833. The van der Waals surface area contributed by atoms with Crippen molar-refractivity contribution < 1.29 is 19.4 Å². The van der Waals surface area contributed by atoms with E-state index in [0.717, 1.165) is 0 Å². The molecule has 1 N–H and O–H groups in total. The Bertz CT molecular complexity index is 281. The Morgan fingerprint density at radius 3 is 2.00 bits per heavy atom. The second kappa shape index (κ2) is 5.89. The van der Waals surface area contributed by atoms with Crippen LogP contribution in [0.25, 0.3) is 0 Å². The number of aliphatic carboxylic acids is 1.